The van der Waals surface area contributed by atoms with Crippen LogP contribution in [0.1, 0.15) is 45.0 Å². The lowest BCUT2D eigenvalue weighted by Crippen LogP contribution is -2.29. The van der Waals surface area contributed by atoms with E-state index in [1.54, 1.807) is 18.1 Å². The Kier molecular flexibility index (Phi) is 3.18. The summed E-state index contributed by atoms with van der Waals surface area (Å²) in [7, 11) is 1.58. The molecule has 0 spiro atoms. The number of ether oxygens (including phenoxy) is 1. The zero-order chi connectivity index (χ0) is 16.0. The summed E-state index contributed by atoms with van der Waals surface area (Å²) in [5.41, 5.74) is 3.18. The normalized spacial score (nSPS) is 18.7. The van der Waals surface area contributed by atoms with Gasteiger partial charge in [-0.05, 0) is 36.2 Å². The maximum atomic E-state index is 12.8. The predicted molar refractivity (Wildman–Crippen MR) is 87.4 cm³/mol. The van der Waals surface area contributed by atoms with Crippen LogP contribution in [-0.2, 0) is 0 Å². The van der Waals surface area contributed by atoms with Gasteiger partial charge in [-0.15, -0.1) is 0 Å². The molecule has 0 saturated carbocycles. The summed E-state index contributed by atoms with van der Waals surface area (Å²) in [5, 5.41) is 0. The van der Waals surface area contributed by atoms with Crippen LogP contribution < -0.4 is 9.64 Å². The highest BCUT2D eigenvalue weighted by Crippen LogP contribution is 2.47. The van der Waals surface area contributed by atoms with Gasteiger partial charge in [-0.1, -0.05) is 18.2 Å². The Balaban J connectivity index is 1.82. The number of methoxy groups -OCH3 is 1. The number of benzene rings is 2. The Labute approximate surface area is 134 Å². The highest BCUT2D eigenvalue weighted by Gasteiger charge is 2.40. The maximum Gasteiger partial charge on any atom is 0.258 e. The fourth-order valence-electron chi connectivity index (χ4n) is 3.70. The molecule has 4 nitrogen and oxygen atoms in total. The third-order valence-electron chi connectivity index (χ3n) is 4.77. The summed E-state index contributed by atoms with van der Waals surface area (Å²) in [6.07, 6.45) is 1.31. The average molecular weight is 307 g/mol. The van der Waals surface area contributed by atoms with Gasteiger partial charge in [0.2, 0.25) is 0 Å². The second kappa shape index (κ2) is 5.23. The van der Waals surface area contributed by atoms with Gasteiger partial charge in [0.1, 0.15) is 5.75 Å². The minimum Gasteiger partial charge on any atom is -0.496 e. The van der Waals surface area contributed by atoms with E-state index in [9.17, 15) is 9.59 Å². The Hall–Kier alpha value is -2.62. The molecule has 1 amide bonds. The zero-order valence-electron chi connectivity index (χ0n) is 12.9. The third kappa shape index (κ3) is 2.05. The molecule has 2 aliphatic rings. The Bertz CT molecular complexity index is 798. The van der Waals surface area contributed by atoms with Crippen molar-refractivity contribution in [3.63, 3.8) is 0 Å². The van der Waals surface area contributed by atoms with E-state index in [1.807, 2.05) is 36.4 Å². The van der Waals surface area contributed by atoms with Crippen molar-refractivity contribution in [1.29, 1.82) is 0 Å². The number of ketones is 1. The van der Waals surface area contributed by atoms with Gasteiger partial charge < -0.3 is 9.64 Å². The van der Waals surface area contributed by atoms with E-state index in [4.69, 9.17) is 4.74 Å². The van der Waals surface area contributed by atoms with Gasteiger partial charge in [0.05, 0.1) is 12.7 Å². The minimum atomic E-state index is -0.0141. The molecule has 23 heavy (non-hydrogen) atoms. The van der Waals surface area contributed by atoms with E-state index < -0.39 is 0 Å². The van der Waals surface area contributed by atoms with Crippen LogP contribution in [0.2, 0.25) is 0 Å². The van der Waals surface area contributed by atoms with Crippen LogP contribution in [0.4, 0.5) is 5.69 Å². The van der Waals surface area contributed by atoms with Crippen molar-refractivity contribution in [3.05, 3.63) is 59.2 Å². The number of amides is 1. The van der Waals surface area contributed by atoms with Crippen LogP contribution in [-0.4, -0.2) is 25.3 Å². The lowest BCUT2D eigenvalue weighted by atomic mass is 9.83. The first-order valence-electron chi connectivity index (χ1n) is 7.81. The molecule has 2 aromatic carbocycles. The second-order valence-electron chi connectivity index (χ2n) is 6.02. The van der Waals surface area contributed by atoms with Crippen molar-refractivity contribution in [1.82, 2.24) is 0 Å². The van der Waals surface area contributed by atoms with Crippen molar-refractivity contribution in [2.75, 3.05) is 18.6 Å². The van der Waals surface area contributed by atoms with Gasteiger partial charge in [0.15, 0.2) is 5.78 Å². The molecule has 1 atom stereocenters. The standard InChI is InChI=1S/C19H17NO3/c1-23-16-10-8-14-17-13(7-9-15(21)18(16)17)11-20(14)19(22)12-5-3-2-4-6-12/h2-6,8,10,13H,7,9,11H2,1H3. The molecule has 0 fully saturated rings. The number of Topliss-reactive ketones (excluding diaryl/α,β-unsaturated/α-hetero) is 1. The number of hydrogen-bond acceptors (Lipinski definition) is 3. The Morgan fingerprint density at radius 2 is 1.96 bits per heavy atom. The first-order valence-corrected chi connectivity index (χ1v) is 7.81. The average Bonchev–Trinajstić information content (AvgIpc) is 2.98. The molecule has 0 N–H and O–H groups in total. The minimum absolute atomic E-state index is 0.0141. The van der Waals surface area contributed by atoms with E-state index in [0.717, 1.165) is 17.7 Å². The number of anilines is 1. The summed E-state index contributed by atoms with van der Waals surface area (Å²) in [4.78, 5) is 27.0. The molecule has 1 unspecified atom stereocenters. The quantitative estimate of drug-likeness (QED) is 0.854. The summed E-state index contributed by atoms with van der Waals surface area (Å²) >= 11 is 0. The van der Waals surface area contributed by atoms with Gasteiger partial charge in [0.25, 0.3) is 5.91 Å². The zero-order valence-corrected chi connectivity index (χ0v) is 12.9. The fraction of sp³-hybridized carbons (Fsp3) is 0.263. The van der Waals surface area contributed by atoms with Crippen LogP contribution in [0, 0.1) is 0 Å². The number of nitrogens with zero attached hydrogens (tertiary/aromatic N) is 1. The molecule has 2 aromatic rings. The molecule has 0 saturated heterocycles. The maximum absolute atomic E-state index is 12.8. The largest absolute Gasteiger partial charge is 0.496 e. The molecule has 1 heterocycles. The molecule has 4 heteroatoms. The number of carbonyl (C=O) groups excluding carboxylic acids is 2. The van der Waals surface area contributed by atoms with E-state index in [-0.39, 0.29) is 17.6 Å². The number of carbonyl (C=O) groups is 2. The van der Waals surface area contributed by atoms with E-state index in [0.29, 0.717) is 29.8 Å². The SMILES string of the molecule is COc1ccc2c3c1C(=O)CCC3CN2C(=O)c1ccccc1. The molecule has 0 aromatic heterocycles. The summed E-state index contributed by atoms with van der Waals surface area (Å²) < 4.78 is 5.37. The molecule has 4 rings (SSSR count). The lowest BCUT2D eigenvalue weighted by molar-refractivity contribution is 0.0965. The highest BCUT2D eigenvalue weighted by atomic mass is 16.5. The van der Waals surface area contributed by atoms with Crippen LogP contribution in [0.25, 0.3) is 0 Å². The summed E-state index contributed by atoms with van der Waals surface area (Å²) in [6, 6.07) is 13.0. The summed E-state index contributed by atoms with van der Waals surface area (Å²) in [5.74, 6) is 0.941. The Morgan fingerprint density at radius 1 is 1.17 bits per heavy atom. The first-order chi connectivity index (χ1) is 11.2. The molecule has 0 radical (unpaired) electrons. The second-order valence-corrected chi connectivity index (χ2v) is 6.02. The highest BCUT2D eigenvalue weighted by molar-refractivity contribution is 6.10. The van der Waals surface area contributed by atoms with E-state index in [1.165, 1.54) is 0 Å². The summed E-state index contributed by atoms with van der Waals surface area (Å²) in [6.45, 7) is 0.635. The lowest BCUT2D eigenvalue weighted by Gasteiger charge is -2.21. The molecule has 0 bridgehead atoms. The van der Waals surface area contributed by atoms with Crippen molar-refractivity contribution in [2.45, 2.75) is 18.8 Å². The van der Waals surface area contributed by atoms with Crippen molar-refractivity contribution < 1.29 is 14.3 Å². The monoisotopic (exact) mass is 307 g/mol. The third-order valence-corrected chi connectivity index (χ3v) is 4.77. The predicted octanol–water partition coefficient (Wildman–Crippen LogP) is 3.42. The number of hydrogen-bond donors (Lipinski definition) is 0. The van der Waals surface area contributed by atoms with Crippen molar-refractivity contribution in [3.8, 4) is 5.75 Å². The van der Waals surface area contributed by atoms with Crippen LogP contribution in [0.5, 0.6) is 5.75 Å². The topological polar surface area (TPSA) is 46.6 Å². The fourth-order valence-corrected chi connectivity index (χ4v) is 3.70. The van der Waals surface area contributed by atoms with Gasteiger partial charge in [-0.2, -0.15) is 0 Å². The Morgan fingerprint density at radius 3 is 2.70 bits per heavy atom. The molecular weight excluding hydrogens is 290 g/mol. The van der Waals surface area contributed by atoms with Gasteiger partial charge in [0, 0.05) is 30.1 Å². The van der Waals surface area contributed by atoms with Gasteiger partial charge in [-0.3, -0.25) is 9.59 Å². The van der Waals surface area contributed by atoms with Crippen molar-refractivity contribution >= 4 is 17.4 Å². The van der Waals surface area contributed by atoms with Crippen molar-refractivity contribution in [2.24, 2.45) is 0 Å². The molecule has 1 aliphatic carbocycles. The van der Waals surface area contributed by atoms with Crippen LogP contribution in [0.15, 0.2) is 42.5 Å². The van der Waals surface area contributed by atoms with Gasteiger partial charge >= 0.3 is 0 Å². The van der Waals surface area contributed by atoms with Gasteiger partial charge in [-0.25, -0.2) is 0 Å². The molecule has 1 aliphatic heterocycles. The first kappa shape index (κ1) is 14.0. The number of rotatable bonds is 2. The van der Waals surface area contributed by atoms with E-state index >= 15 is 0 Å². The molecule has 116 valence electrons. The van der Waals surface area contributed by atoms with E-state index in [2.05, 4.69) is 0 Å². The smallest absolute Gasteiger partial charge is 0.258 e. The van der Waals surface area contributed by atoms with Crippen LogP contribution >= 0.6 is 0 Å². The molecular formula is C19H17NO3. The van der Waals surface area contributed by atoms with Crippen LogP contribution in [0.3, 0.4) is 0 Å².